The fourth-order valence-corrected chi connectivity index (χ4v) is 5.99. The highest BCUT2D eigenvalue weighted by molar-refractivity contribution is 6.31. The van der Waals surface area contributed by atoms with Crippen LogP contribution >= 0.6 is 11.6 Å². The molecule has 142 valence electrons. The van der Waals surface area contributed by atoms with E-state index in [0.29, 0.717) is 23.7 Å². The first-order chi connectivity index (χ1) is 12.9. The summed E-state index contributed by atoms with van der Waals surface area (Å²) in [4.78, 5) is 43.7. The van der Waals surface area contributed by atoms with Crippen molar-refractivity contribution in [1.29, 1.82) is 0 Å². The zero-order valence-electron chi connectivity index (χ0n) is 15.4. The van der Waals surface area contributed by atoms with Crippen molar-refractivity contribution >= 4 is 35.0 Å². The minimum atomic E-state index is -1.12. The van der Waals surface area contributed by atoms with Crippen LogP contribution in [0.4, 0.5) is 5.69 Å². The maximum Gasteiger partial charge on any atom is 0.250 e. The Morgan fingerprint density at radius 1 is 1.30 bits per heavy atom. The number of carbonyl (C=O) groups is 3. The minimum absolute atomic E-state index is 0.0730. The Morgan fingerprint density at radius 3 is 2.81 bits per heavy atom. The molecule has 0 aliphatic carbocycles. The van der Waals surface area contributed by atoms with Gasteiger partial charge in [-0.1, -0.05) is 18.5 Å². The van der Waals surface area contributed by atoms with Gasteiger partial charge in [0.25, 0.3) is 0 Å². The average molecular weight is 388 g/mol. The Kier molecular flexibility index (Phi) is 3.53. The summed E-state index contributed by atoms with van der Waals surface area (Å²) in [5.74, 6) is -1.66. The molecule has 5 atom stereocenters. The highest BCUT2D eigenvalue weighted by atomic mass is 35.5. The standard InChI is InChI=1S/C20H22ClN3O3/c1-3-10(2)24-17(25)15-14-5-4-8-23(14)20(16(15)18(24)26)12-9-11(21)6-7-13(12)22-19(20)27/h6-7,9-10,14-16H,3-5,8H2,1-2H3,(H,22,27)/t10-,14-,15-,16+,20+/m1/s1. The molecule has 3 fully saturated rings. The predicted octanol–water partition coefficient (Wildman–Crippen LogP) is 2.37. The van der Waals surface area contributed by atoms with Gasteiger partial charge in [0.05, 0.1) is 11.8 Å². The fraction of sp³-hybridized carbons (Fsp3) is 0.550. The van der Waals surface area contributed by atoms with Crippen molar-refractivity contribution in [3.05, 3.63) is 28.8 Å². The number of benzene rings is 1. The molecular weight excluding hydrogens is 366 g/mol. The molecule has 6 nitrogen and oxygen atoms in total. The number of hydrogen-bond donors (Lipinski definition) is 1. The number of amides is 3. The SMILES string of the molecule is CC[C@@H](C)N1C(=O)[C@@H]2[C@H]3CCCN3[C@]3(C(=O)Nc4ccc(Cl)cc43)[C@@H]2C1=O. The Morgan fingerprint density at radius 2 is 2.07 bits per heavy atom. The number of nitrogens with one attached hydrogen (secondary N) is 1. The summed E-state index contributed by atoms with van der Waals surface area (Å²) in [7, 11) is 0. The minimum Gasteiger partial charge on any atom is -0.324 e. The van der Waals surface area contributed by atoms with Gasteiger partial charge in [0.1, 0.15) is 5.54 Å². The van der Waals surface area contributed by atoms with Crippen LogP contribution in [0.15, 0.2) is 18.2 Å². The third kappa shape index (κ3) is 1.88. The largest absolute Gasteiger partial charge is 0.324 e. The highest BCUT2D eigenvalue weighted by Crippen LogP contribution is 2.60. The molecule has 0 radical (unpaired) electrons. The Hall–Kier alpha value is -1.92. The number of halogens is 1. The van der Waals surface area contributed by atoms with Gasteiger partial charge in [0, 0.05) is 28.4 Å². The molecule has 1 aromatic carbocycles. The van der Waals surface area contributed by atoms with E-state index in [1.807, 2.05) is 13.8 Å². The third-order valence-corrected chi connectivity index (χ3v) is 7.26. The molecule has 0 bridgehead atoms. The van der Waals surface area contributed by atoms with Gasteiger partial charge in [-0.2, -0.15) is 0 Å². The molecule has 3 amide bonds. The number of carbonyl (C=O) groups excluding carboxylic acids is 3. The zero-order valence-corrected chi connectivity index (χ0v) is 16.1. The van der Waals surface area contributed by atoms with Crippen LogP contribution < -0.4 is 5.32 Å². The van der Waals surface area contributed by atoms with Crippen LogP contribution in [0.1, 0.15) is 38.7 Å². The van der Waals surface area contributed by atoms with E-state index in [9.17, 15) is 14.4 Å². The molecule has 4 heterocycles. The summed E-state index contributed by atoms with van der Waals surface area (Å²) in [5.41, 5.74) is 0.311. The molecule has 0 saturated carbocycles. The summed E-state index contributed by atoms with van der Waals surface area (Å²) >= 11 is 6.27. The molecule has 0 unspecified atom stereocenters. The number of imide groups is 1. The van der Waals surface area contributed by atoms with Gasteiger partial charge in [0.2, 0.25) is 17.7 Å². The molecule has 3 saturated heterocycles. The monoisotopic (exact) mass is 387 g/mol. The lowest BCUT2D eigenvalue weighted by Gasteiger charge is -2.37. The average Bonchev–Trinajstić information content (AvgIpc) is 3.33. The molecule has 27 heavy (non-hydrogen) atoms. The maximum atomic E-state index is 13.5. The number of fused-ring (bicyclic) bond motifs is 7. The van der Waals surface area contributed by atoms with E-state index in [4.69, 9.17) is 11.6 Å². The molecule has 1 N–H and O–H groups in total. The van der Waals surface area contributed by atoms with E-state index < -0.39 is 17.4 Å². The van der Waals surface area contributed by atoms with E-state index in [2.05, 4.69) is 10.2 Å². The van der Waals surface area contributed by atoms with Gasteiger partial charge in [-0.15, -0.1) is 0 Å². The van der Waals surface area contributed by atoms with Crippen molar-refractivity contribution in [3.63, 3.8) is 0 Å². The number of nitrogens with zero attached hydrogens (tertiary/aromatic N) is 2. The molecule has 0 aromatic heterocycles. The van der Waals surface area contributed by atoms with E-state index >= 15 is 0 Å². The van der Waals surface area contributed by atoms with Gasteiger partial charge in [0.15, 0.2) is 0 Å². The summed E-state index contributed by atoms with van der Waals surface area (Å²) in [5, 5.41) is 3.48. The maximum absolute atomic E-state index is 13.5. The lowest BCUT2D eigenvalue weighted by Crippen LogP contribution is -2.54. The molecule has 1 aromatic rings. The van der Waals surface area contributed by atoms with Crippen molar-refractivity contribution in [2.75, 3.05) is 11.9 Å². The molecule has 1 spiro atoms. The fourth-order valence-electron chi connectivity index (χ4n) is 5.81. The number of likely N-dealkylation sites (tertiary alicyclic amines) is 1. The summed E-state index contributed by atoms with van der Waals surface area (Å²) < 4.78 is 0. The van der Waals surface area contributed by atoms with Crippen LogP contribution in [0, 0.1) is 11.8 Å². The van der Waals surface area contributed by atoms with E-state index in [1.165, 1.54) is 4.90 Å². The van der Waals surface area contributed by atoms with Crippen LogP contribution in [0.2, 0.25) is 5.02 Å². The second-order valence-electron chi connectivity index (χ2n) is 8.12. The second kappa shape index (κ2) is 5.55. The number of rotatable bonds is 2. The topological polar surface area (TPSA) is 69.7 Å². The van der Waals surface area contributed by atoms with Crippen LogP contribution in [-0.2, 0) is 19.9 Å². The smallest absolute Gasteiger partial charge is 0.250 e. The van der Waals surface area contributed by atoms with E-state index in [1.54, 1.807) is 18.2 Å². The van der Waals surface area contributed by atoms with Crippen LogP contribution in [0.25, 0.3) is 0 Å². The molecular formula is C20H22ClN3O3. The lowest BCUT2D eigenvalue weighted by molar-refractivity contribution is -0.147. The van der Waals surface area contributed by atoms with Crippen molar-refractivity contribution < 1.29 is 14.4 Å². The third-order valence-electron chi connectivity index (χ3n) is 7.02. The molecule has 4 aliphatic heterocycles. The summed E-state index contributed by atoms with van der Waals surface area (Å²) in [6, 6.07) is 5.08. The zero-order chi connectivity index (χ0) is 19.1. The summed E-state index contributed by atoms with van der Waals surface area (Å²) in [6.45, 7) is 4.57. The molecule has 5 rings (SSSR count). The first kappa shape index (κ1) is 17.2. The first-order valence-corrected chi connectivity index (χ1v) is 10.1. The van der Waals surface area contributed by atoms with E-state index in [0.717, 1.165) is 18.4 Å². The normalized spacial score (nSPS) is 35.6. The van der Waals surface area contributed by atoms with E-state index in [-0.39, 0.29) is 29.8 Å². The van der Waals surface area contributed by atoms with Gasteiger partial charge in [-0.05, 0) is 50.9 Å². The lowest BCUT2D eigenvalue weighted by atomic mass is 9.75. The first-order valence-electron chi connectivity index (χ1n) is 9.68. The van der Waals surface area contributed by atoms with Crippen molar-refractivity contribution in [3.8, 4) is 0 Å². The van der Waals surface area contributed by atoms with Crippen molar-refractivity contribution in [2.45, 2.75) is 50.7 Å². The Bertz CT molecular complexity index is 887. The van der Waals surface area contributed by atoms with Gasteiger partial charge in [-0.3, -0.25) is 24.2 Å². The number of anilines is 1. The highest BCUT2D eigenvalue weighted by Gasteiger charge is 2.74. The van der Waals surface area contributed by atoms with Crippen LogP contribution in [-0.4, -0.2) is 46.1 Å². The van der Waals surface area contributed by atoms with Gasteiger partial charge < -0.3 is 5.32 Å². The quantitative estimate of drug-likeness (QED) is 0.791. The number of hydrogen-bond acceptors (Lipinski definition) is 4. The molecule has 7 heteroatoms. The van der Waals surface area contributed by atoms with Crippen LogP contribution in [0.5, 0.6) is 0 Å². The summed E-state index contributed by atoms with van der Waals surface area (Å²) in [6.07, 6.45) is 2.45. The molecule has 4 aliphatic rings. The van der Waals surface area contributed by atoms with Crippen LogP contribution in [0.3, 0.4) is 0 Å². The van der Waals surface area contributed by atoms with Gasteiger partial charge in [-0.25, -0.2) is 0 Å². The Balaban J connectivity index is 1.74. The van der Waals surface area contributed by atoms with Crippen molar-refractivity contribution in [1.82, 2.24) is 9.80 Å². The predicted molar refractivity (Wildman–Crippen MR) is 100 cm³/mol. The second-order valence-corrected chi connectivity index (χ2v) is 8.56. The van der Waals surface area contributed by atoms with Gasteiger partial charge >= 0.3 is 0 Å². The Labute approximate surface area is 162 Å². The van der Waals surface area contributed by atoms with Crippen molar-refractivity contribution in [2.24, 2.45) is 11.8 Å².